The molecule has 0 N–H and O–H groups in total. The van der Waals surface area contributed by atoms with Crippen LogP contribution in [0.2, 0.25) is 0 Å². The first-order chi connectivity index (χ1) is 27.5. The van der Waals surface area contributed by atoms with Crippen LogP contribution >= 0.6 is 0 Å². The van der Waals surface area contributed by atoms with Crippen LogP contribution in [-0.2, 0) is 32.5 Å². The van der Waals surface area contributed by atoms with Crippen LogP contribution in [0.4, 0.5) is 0 Å². The van der Waals surface area contributed by atoms with Crippen LogP contribution in [0, 0.1) is 0 Å². The number of hydrogen-bond donors (Lipinski definition) is 0. The molecule has 0 nitrogen and oxygen atoms in total. The molecular formula is C60H72. The molecule has 0 aliphatic heterocycles. The second-order valence-corrected chi connectivity index (χ2v) is 24.2. The van der Waals surface area contributed by atoms with Gasteiger partial charge in [-0.25, -0.2) is 0 Å². The number of rotatable bonds is 3. The predicted molar refractivity (Wildman–Crippen MR) is 267 cm³/mol. The van der Waals surface area contributed by atoms with Crippen molar-refractivity contribution in [2.45, 2.75) is 157 Å². The highest BCUT2D eigenvalue weighted by molar-refractivity contribution is 6.26. The van der Waals surface area contributed by atoms with Gasteiger partial charge >= 0.3 is 0 Å². The minimum Gasteiger partial charge on any atom is -0.0561 e. The highest BCUT2D eigenvalue weighted by Gasteiger charge is 2.25. The van der Waals surface area contributed by atoms with Crippen LogP contribution in [0.3, 0.4) is 0 Å². The fourth-order valence-electron chi connectivity index (χ4n) is 8.53. The van der Waals surface area contributed by atoms with E-state index >= 15 is 0 Å². The molecule has 0 spiro atoms. The van der Waals surface area contributed by atoms with Crippen molar-refractivity contribution in [3.05, 3.63) is 143 Å². The molecule has 7 rings (SSSR count). The molecule has 0 heterocycles. The van der Waals surface area contributed by atoms with E-state index in [2.05, 4.69) is 234 Å². The minimum absolute atomic E-state index is 0.0385. The Morgan fingerprint density at radius 2 is 0.367 bits per heavy atom. The molecule has 0 unspecified atom stereocenters. The molecule has 0 atom stereocenters. The monoisotopic (exact) mass is 793 g/mol. The molecule has 312 valence electrons. The van der Waals surface area contributed by atoms with E-state index in [0.717, 1.165) is 0 Å². The maximum Gasteiger partial charge on any atom is -0.00928 e. The van der Waals surface area contributed by atoms with Gasteiger partial charge in [0.25, 0.3) is 0 Å². The van der Waals surface area contributed by atoms with Crippen molar-refractivity contribution in [3.8, 4) is 33.4 Å². The second kappa shape index (κ2) is 14.5. The summed E-state index contributed by atoms with van der Waals surface area (Å²) < 4.78 is 0. The van der Waals surface area contributed by atoms with Gasteiger partial charge in [0.1, 0.15) is 0 Å². The zero-order valence-corrected chi connectivity index (χ0v) is 40.4. The van der Waals surface area contributed by atoms with E-state index in [4.69, 9.17) is 0 Å². The molecule has 0 aromatic heterocycles. The summed E-state index contributed by atoms with van der Waals surface area (Å²) in [5, 5.41) is 7.80. The van der Waals surface area contributed by atoms with E-state index in [0.29, 0.717) is 0 Å². The largest absolute Gasteiger partial charge is 0.0561 e. The van der Waals surface area contributed by atoms with Gasteiger partial charge in [-0.3, -0.25) is 0 Å². The fraction of sp³-hybridized carbons (Fsp3) is 0.400. The van der Waals surface area contributed by atoms with Gasteiger partial charge in [0.2, 0.25) is 0 Å². The lowest BCUT2D eigenvalue weighted by Gasteiger charge is -2.27. The summed E-state index contributed by atoms with van der Waals surface area (Å²) in [5.41, 5.74) is 16.1. The van der Waals surface area contributed by atoms with Crippen molar-refractivity contribution in [2.75, 3.05) is 0 Å². The molecule has 0 bridgehead atoms. The van der Waals surface area contributed by atoms with Crippen LogP contribution in [0.25, 0.3) is 65.7 Å². The molecule has 0 saturated heterocycles. The topological polar surface area (TPSA) is 0 Å². The lowest BCUT2D eigenvalue weighted by atomic mass is 9.78. The van der Waals surface area contributed by atoms with E-state index in [1.807, 2.05) is 0 Å². The van der Waals surface area contributed by atoms with Crippen molar-refractivity contribution in [1.82, 2.24) is 0 Å². The Morgan fingerprint density at radius 1 is 0.183 bits per heavy atom. The van der Waals surface area contributed by atoms with Crippen molar-refractivity contribution in [2.24, 2.45) is 0 Å². The maximum atomic E-state index is 2.48. The van der Waals surface area contributed by atoms with Crippen LogP contribution in [0.5, 0.6) is 0 Å². The first kappa shape index (κ1) is 43.4. The zero-order valence-electron chi connectivity index (χ0n) is 40.4. The maximum absolute atomic E-state index is 2.48. The average molecular weight is 793 g/mol. The van der Waals surface area contributed by atoms with Crippen molar-refractivity contribution in [3.63, 3.8) is 0 Å². The van der Waals surface area contributed by atoms with Crippen LogP contribution < -0.4 is 0 Å². The van der Waals surface area contributed by atoms with Gasteiger partial charge in [0.05, 0.1) is 0 Å². The third-order valence-electron chi connectivity index (χ3n) is 12.9. The first-order valence-corrected chi connectivity index (χ1v) is 22.4. The normalized spacial score (nSPS) is 13.5. The molecule has 0 aliphatic carbocycles. The molecule has 0 amide bonds. The van der Waals surface area contributed by atoms with E-state index < -0.39 is 0 Å². The summed E-state index contributed by atoms with van der Waals surface area (Å²) in [4.78, 5) is 0. The lowest BCUT2D eigenvalue weighted by Crippen LogP contribution is -2.16. The highest BCUT2D eigenvalue weighted by atomic mass is 14.3. The lowest BCUT2D eigenvalue weighted by molar-refractivity contribution is 0.568. The van der Waals surface area contributed by atoms with Gasteiger partial charge < -0.3 is 0 Å². The van der Waals surface area contributed by atoms with E-state index in [-0.39, 0.29) is 32.5 Å². The SMILES string of the molecule is CC(C)(C)c1cc(-c2ccc3c(c2)c2ccc(-c4cc(C(C)(C)C)cc(C(C)(C)C)c4)cc2c2ccc(-c4cc(C(C)(C)C)cc(C(C)(C)C)c4)cc32)cc(C(C)(C)C)c1. The number of benzene rings is 7. The molecule has 0 aliphatic rings. The minimum atomic E-state index is 0.0385. The van der Waals surface area contributed by atoms with E-state index in [9.17, 15) is 0 Å². The summed E-state index contributed by atoms with van der Waals surface area (Å²) in [6, 6.07) is 43.6. The van der Waals surface area contributed by atoms with Crippen molar-refractivity contribution >= 4 is 32.3 Å². The molecule has 0 saturated carbocycles. The summed E-state index contributed by atoms with van der Waals surface area (Å²) in [7, 11) is 0. The third-order valence-corrected chi connectivity index (χ3v) is 12.9. The summed E-state index contributed by atoms with van der Waals surface area (Å²) >= 11 is 0. The number of fused-ring (bicyclic) bond motifs is 6. The van der Waals surface area contributed by atoms with Crippen LogP contribution in [0.15, 0.2) is 109 Å². The van der Waals surface area contributed by atoms with Gasteiger partial charge in [-0.05, 0) is 150 Å². The summed E-state index contributed by atoms with van der Waals surface area (Å²) in [6.45, 7) is 41.9. The van der Waals surface area contributed by atoms with Crippen LogP contribution in [-0.4, -0.2) is 0 Å². The Balaban J connectivity index is 1.56. The molecule has 60 heavy (non-hydrogen) atoms. The molecule has 0 fully saturated rings. The fourth-order valence-corrected chi connectivity index (χ4v) is 8.53. The Hall–Kier alpha value is -4.68. The average Bonchev–Trinajstić information content (AvgIpc) is 3.14. The first-order valence-electron chi connectivity index (χ1n) is 22.4. The molecule has 7 aromatic carbocycles. The molecular weight excluding hydrogens is 721 g/mol. The van der Waals surface area contributed by atoms with Crippen molar-refractivity contribution in [1.29, 1.82) is 0 Å². The van der Waals surface area contributed by atoms with E-state index in [1.165, 1.54) is 99.1 Å². The van der Waals surface area contributed by atoms with Gasteiger partial charge in [-0.1, -0.05) is 216 Å². The predicted octanol–water partition coefficient (Wildman–Crippen LogP) is 17.9. The van der Waals surface area contributed by atoms with Gasteiger partial charge in [0.15, 0.2) is 0 Å². The Labute approximate surface area is 363 Å². The van der Waals surface area contributed by atoms with E-state index in [1.54, 1.807) is 0 Å². The van der Waals surface area contributed by atoms with Gasteiger partial charge in [0, 0.05) is 0 Å². The summed E-state index contributed by atoms with van der Waals surface area (Å²) in [5.74, 6) is 0. The Morgan fingerprint density at radius 3 is 0.533 bits per heavy atom. The zero-order chi connectivity index (χ0) is 44.1. The Bertz CT molecular complexity index is 2340. The third kappa shape index (κ3) is 8.59. The van der Waals surface area contributed by atoms with Gasteiger partial charge in [-0.15, -0.1) is 0 Å². The standard InChI is InChI=1S/C60H72/c1-55(2,3)43-25-40(26-44(34-43)56(4,5)6)37-19-22-49-52(31-37)50-23-20-38(41-27-45(57(7,8)9)35-46(28-41)58(10,11)12)33-54(50)51-24-21-39(32-53(49)51)42-29-47(59(13,14)15)36-48(30-42)60(16,17)18/h19-36H,1-18H3. The molecule has 7 aromatic rings. The van der Waals surface area contributed by atoms with Crippen LogP contribution in [0.1, 0.15) is 158 Å². The number of hydrogen-bond acceptors (Lipinski definition) is 0. The second-order valence-electron chi connectivity index (χ2n) is 24.2. The summed E-state index contributed by atoms with van der Waals surface area (Å²) in [6.07, 6.45) is 0. The van der Waals surface area contributed by atoms with Crippen molar-refractivity contribution < 1.29 is 0 Å². The quantitative estimate of drug-likeness (QED) is 0.156. The smallest absolute Gasteiger partial charge is 0.00928 e. The molecule has 0 heteroatoms. The Kier molecular flexibility index (Phi) is 10.5. The molecule has 0 radical (unpaired) electrons. The highest BCUT2D eigenvalue weighted by Crippen LogP contribution is 2.44. The van der Waals surface area contributed by atoms with Gasteiger partial charge in [-0.2, -0.15) is 0 Å².